The SMILES string of the molecule is CC(NC(=O)OCc1ccccc1)C(=O)N1CCCC1c1nc2ccccc2s1. The standard InChI is InChI=1S/C22H23N3O3S/c1-15(23-22(27)28-14-16-8-3-2-4-9-16)21(26)25-13-7-11-18(25)20-24-17-10-5-6-12-19(17)29-20/h2-6,8-10,12,15,18H,7,11,13-14H2,1H3,(H,23,27). The average Bonchev–Trinajstić information content (AvgIpc) is 3.39. The summed E-state index contributed by atoms with van der Waals surface area (Å²) in [5.74, 6) is -0.108. The minimum Gasteiger partial charge on any atom is -0.445 e. The van der Waals surface area contributed by atoms with Crippen LogP contribution in [0.3, 0.4) is 0 Å². The molecule has 6 nitrogen and oxygen atoms in total. The van der Waals surface area contributed by atoms with Crippen LogP contribution in [-0.2, 0) is 16.1 Å². The Balaban J connectivity index is 1.37. The topological polar surface area (TPSA) is 71.5 Å². The van der Waals surface area contributed by atoms with Crippen LogP contribution in [0.2, 0.25) is 0 Å². The monoisotopic (exact) mass is 409 g/mol. The average molecular weight is 410 g/mol. The Morgan fingerprint density at radius 1 is 1.21 bits per heavy atom. The van der Waals surface area contributed by atoms with Gasteiger partial charge in [-0.25, -0.2) is 9.78 Å². The Bertz CT molecular complexity index is 972. The lowest BCUT2D eigenvalue weighted by Gasteiger charge is -2.26. The highest BCUT2D eigenvalue weighted by molar-refractivity contribution is 7.18. The number of thiazole rings is 1. The number of hydrogen-bond donors (Lipinski definition) is 1. The van der Waals surface area contributed by atoms with Gasteiger partial charge in [-0.2, -0.15) is 0 Å². The van der Waals surface area contributed by atoms with Crippen molar-refractivity contribution in [3.8, 4) is 0 Å². The molecular formula is C22H23N3O3S. The summed E-state index contributed by atoms with van der Waals surface area (Å²) in [6, 6.07) is 16.7. The van der Waals surface area contributed by atoms with Gasteiger partial charge in [-0.15, -0.1) is 11.3 Å². The molecule has 2 heterocycles. The summed E-state index contributed by atoms with van der Waals surface area (Å²) in [6.07, 6.45) is 1.22. The zero-order chi connectivity index (χ0) is 20.2. The molecule has 0 bridgehead atoms. The lowest BCUT2D eigenvalue weighted by atomic mass is 10.2. The van der Waals surface area contributed by atoms with E-state index in [1.54, 1.807) is 18.3 Å². The van der Waals surface area contributed by atoms with E-state index in [0.29, 0.717) is 6.54 Å². The van der Waals surface area contributed by atoms with Gasteiger partial charge in [0.2, 0.25) is 5.91 Å². The first kappa shape index (κ1) is 19.4. The van der Waals surface area contributed by atoms with Gasteiger partial charge in [-0.1, -0.05) is 42.5 Å². The highest BCUT2D eigenvalue weighted by atomic mass is 32.1. The number of para-hydroxylation sites is 1. The maximum absolute atomic E-state index is 13.0. The van der Waals surface area contributed by atoms with E-state index in [4.69, 9.17) is 9.72 Å². The number of rotatable bonds is 5. The van der Waals surface area contributed by atoms with E-state index in [1.165, 1.54) is 0 Å². The number of ether oxygens (including phenoxy) is 1. The van der Waals surface area contributed by atoms with Crippen LogP contribution in [0.4, 0.5) is 4.79 Å². The predicted octanol–water partition coefficient (Wildman–Crippen LogP) is 4.27. The smallest absolute Gasteiger partial charge is 0.408 e. The molecule has 2 aromatic carbocycles. The molecule has 2 unspecified atom stereocenters. The highest BCUT2D eigenvalue weighted by Crippen LogP contribution is 2.36. The van der Waals surface area contributed by atoms with E-state index in [2.05, 4.69) is 5.32 Å². The third-order valence-corrected chi connectivity index (χ3v) is 6.19. The molecule has 1 aromatic heterocycles. The molecule has 29 heavy (non-hydrogen) atoms. The van der Waals surface area contributed by atoms with E-state index in [0.717, 1.165) is 33.6 Å². The number of carbonyl (C=O) groups is 2. The summed E-state index contributed by atoms with van der Waals surface area (Å²) >= 11 is 1.63. The van der Waals surface area contributed by atoms with Crippen LogP contribution in [0.1, 0.15) is 36.4 Å². The molecule has 4 rings (SSSR count). The quantitative estimate of drug-likeness (QED) is 0.683. The second kappa shape index (κ2) is 8.61. The van der Waals surface area contributed by atoms with Gasteiger partial charge in [0, 0.05) is 6.54 Å². The Morgan fingerprint density at radius 3 is 2.76 bits per heavy atom. The zero-order valence-corrected chi connectivity index (χ0v) is 17.0. The summed E-state index contributed by atoms with van der Waals surface area (Å²) in [6.45, 7) is 2.54. The predicted molar refractivity (Wildman–Crippen MR) is 113 cm³/mol. The van der Waals surface area contributed by atoms with E-state index in [9.17, 15) is 9.59 Å². The fraction of sp³-hybridized carbons (Fsp3) is 0.318. The molecule has 0 saturated carbocycles. The molecule has 0 aliphatic carbocycles. The third-order valence-electron chi connectivity index (χ3n) is 5.05. The number of fused-ring (bicyclic) bond motifs is 1. The minimum absolute atomic E-state index is 0.0375. The highest BCUT2D eigenvalue weighted by Gasteiger charge is 2.34. The first-order valence-corrected chi connectivity index (χ1v) is 10.6. The van der Waals surface area contributed by atoms with Gasteiger partial charge in [0.1, 0.15) is 17.7 Å². The van der Waals surface area contributed by atoms with Crippen molar-refractivity contribution in [1.82, 2.24) is 15.2 Å². The number of aromatic nitrogens is 1. The van der Waals surface area contributed by atoms with Gasteiger partial charge in [0.15, 0.2) is 0 Å². The normalized spacial score (nSPS) is 17.3. The van der Waals surface area contributed by atoms with Crippen molar-refractivity contribution < 1.29 is 14.3 Å². The molecule has 0 radical (unpaired) electrons. The van der Waals surface area contributed by atoms with Crippen molar-refractivity contribution in [3.63, 3.8) is 0 Å². The molecule has 2 amide bonds. The van der Waals surface area contributed by atoms with Crippen molar-refractivity contribution in [2.45, 2.75) is 38.5 Å². The van der Waals surface area contributed by atoms with Crippen LogP contribution < -0.4 is 5.32 Å². The summed E-state index contributed by atoms with van der Waals surface area (Å²) in [5.41, 5.74) is 1.86. The number of amides is 2. The van der Waals surface area contributed by atoms with Crippen LogP contribution in [0.25, 0.3) is 10.2 Å². The molecular weight excluding hydrogens is 386 g/mol. The number of nitrogens with zero attached hydrogens (tertiary/aromatic N) is 2. The fourth-order valence-corrected chi connectivity index (χ4v) is 4.69. The van der Waals surface area contributed by atoms with Crippen LogP contribution in [-0.4, -0.2) is 34.5 Å². The molecule has 1 N–H and O–H groups in total. The second-order valence-electron chi connectivity index (χ2n) is 7.14. The van der Waals surface area contributed by atoms with Crippen molar-refractivity contribution >= 4 is 33.6 Å². The molecule has 0 spiro atoms. The minimum atomic E-state index is -0.659. The first-order chi connectivity index (χ1) is 14.1. The van der Waals surface area contributed by atoms with Crippen molar-refractivity contribution in [2.75, 3.05) is 6.54 Å². The van der Waals surface area contributed by atoms with Crippen LogP contribution in [0, 0.1) is 0 Å². The molecule has 1 saturated heterocycles. The van der Waals surface area contributed by atoms with E-state index in [1.807, 2.05) is 59.5 Å². The van der Waals surface area contributed by atoms with Gasteiger partial charge < -0.3 is 15.0 Å². The summed E-state index contributed by atoms with van der Waals surface area (Å²) < 4.78 is 6.35. The van der Waals surface area contributed by atoms with Gasteiger partial charge in [-0.3, -0.25) is 4.79 Å². The van der Waals surface area contributed by atoms with Crippen LogP contribution in [0.5, 0.6) is 0 Å². The zero-order valence-electron chi connectivity index (χ0n) is 16.2. The number of benzene rings is 2. The fourth-order valence-electron chi connectivity index (χ4n) is 3.57. The van der Waals surface area contributed by atoms with E-state index < -0.39 is 12.1 Å². The second-order valence-corrected chi connectivity index (χ2v) is 8.20. The van der Waals surface area contributed by atoms with Crippen molar-refractivity contribution in [3.05, 3.63) is 65.2 Å². The van der Waals surface area contributed by atoms with Crippen LogP contribution >= 0.6 is 11.3 Å². The summed E-state index contributed by atoms with van der Waals surface area (Å²) in [5, 5.41) is 3.61. The Kier molecular flexibility index (Phi) is 5.76. The summed E-state index contributed by atoms with van der Waals surface area (Å²) in [4.78, 5) is 31.6. The van der Waals surface area contributed by atoms with Crippen molar-refractivity contribution in [1.29, 1.82) is 0 Å². The molecule has 1 aliphatic rings. The Labute approximate surface area is 173 Å². The number of likely N-dealkylation sites (tertiary alicyclic amines) is 1. The molecule has 3 aromatic rings. The largest absolute Gasteiger partial charge is 0.445 e. The van der Waals surface area contributed by atoms with Gasteiger partial charge in [-0.05, 0) is 37.5 Å². The maximum atomic E-state index is 13.0. The number of hydrogen-bond acceptors (Lipinski definition) is 5. The Morgan fingerprint density at radius 2 is 1.97 bits per heavy atom. The summed E-state index contributed by atoms with van der Waals surface area (Å²) in [7, 11) is 0. The number of nitrogens with one attached hydrogen (secondary N) is 1. The van der Waals surface area contributed by atoms with Crippen molar-refractivity contribution in [2.24, 2.45) is 0 Å². The lowest BCUT2D eigenvalue weighted by molar-refractivity contribution is -0.133. The number of alkyl carbamates (subject to hydrolysis) is 1. The van der Waals surface area contributed by atoms with E-state index >= 15 is 0 Å². The van der Waals surface area contributed by atoms with Crippen LogP contribution in [0.15, 0.2) is 54.6 Å². The van der Waals surface area contributed by atoms with E-state index in [-0.39, 0.29) is 18.6 Å². The first-order valence-electron chi connectivity index (χ1n) is 9.75. The maximum Gasteiger partial charge on any atom is 0.408 e. The van der Waals surface area contributed by atoms with Gasteiger partial charge in [0.05, 0.1) is 16.3 Å². The Hall–Kier alpha value is -2.93. The molecule has 1 fully saturated rings. The third kappa shape index (κ3) is 4.40. The number of carbonyl (C=O) groups excluding carboxylic acids is 2. The molecule has 2 atom stereocenters. The van der Waals surface area contributed by atoms with Gasteiger partial charge in [0.25, 0.3) is 0 Å². The molecule has 150 valence electrons. The molecule has 7 heteroatoms. The molecule has 1 aliphatic heterocycles. The lowest BCUT2D eigenvalue weighted by Crippen LogP contribution is -2.46. The van der Waals surface area contributed by atoms with Gasteiger partial charge >= 0.3 is 6.09 Å².